The molecule has 2 aromatic carbocycles. The molecule has 1 aliphatic rings. The molecule has 0 spiro atoms. The third-order valence-electron chi connectivity index (χ3n) is 5.01. The van der Waals surface area contributed by atoms with E-state index in [0.717, 1.165) is 34.1 Å². The van der Waals surface area contributed by atoms with Crippen molar-refractivity contribution in [2.45, 2.75) is 6.42 Å². The molecule has 1 aliphatic carbocycles. The van der Waals surface area contributed by atoms with Crippen molar-refractivity contribution in [1.82, 2.24) is 4.57 Å². The first-order valence-corrected chi connectivity index (χ1v) is 9.13. The molecule has 4 nitrogen and oxygen atoms in total. The Kier molecular flexibility index (Phi) is 3.76. The Hall–Kier alpha value is -3.79. The van der Waals surface area contributed by atoms with Crippen LogP contribution < -0.4 is 0 Å². The Labute approximate surface area is 161 Å². The van der Waals surface area contributed by atoms with Gasteiger partial charge in [-0.1, -0.05) is 60.7 Å². The zero-order valence-corrected chi connectivity index (χ0v) is 15.0. The lowest BCUT2D eigenvalue weighted by molar-refractivity contribution is 0.0662. The normalized spacial score (nSPS) is 12.9. The molecular formula is C24H17NO3. The summed E-state index contributed by atoms with van der Waals surface area (Å²) in [6.07, 6.45) is 9.50. The Morgan fingerprint density at radius 3 is 2.57 bits per heavy atom. The Bertz CT molecular complexity index is 1260. The summed E-state index contributed by atoms with van der Waals surface area (Å²) in [4.78, 5) is 11.3. The highest BCUT2D eigenvalue weighted by Gasteiger charge is 2.19. The van der Waals surface area contributed by atoms with Crippen LogP contribution >= 0.6 is 0 Å². The van der Waals surface area contributed by atoms with Gasteiger partial charge in [-0.15, -0.1) is 0 Å². The summed E-state index contributed by atoms with van der Waals surface area (Å²) in [6, 6.07) is 19.5. The van der Waals surface area contributed by atoms with E-state index in [0.29, 0.717) is 5.88 Å². The van der Waals surface area contributed by atoms with E-state index in [1.165, 1.54) is 11.6 Å². The highest BCUT2D eigenvalue weighted by Crippen LogP contribution is 2.36. The van der Waals surface area contributed by atoms with E-state index in [2.05, 4.69) is 42.5 Å². The molecule has 4 heteroatoms. The average Bonchev–Trinajstić information content (AvgIpc) is 3.27. The van der Waals surface area contributed by atoms with Crippen LogP contribution in [0.15, 0.2) is 77.2 Å². The Balaban J connectivity index is 1.85. The summed E-state index contributed by atoms with van der Waals surface area (Å²) in [6.45, 7) is 0. The van der Waals surface area contributed by atoms with Crippen molar-refractivity contribution in [3.05, 3.63) is 89.7 Å². The molecule has 0 saturated carbocycles. The van der Waals surface area contributed by atoms with E-state index in [9.17, 15) is 9.90 Å². The molecule has 0 amide bonds. The standard InChI is InChI=1S/C24H17NO3/c26-24(27)22-13-14-23(28-22)25-20-12-11-16-7-3-2-6-10-18(16)19(20)15-21(25)17-8-4-1-5-9-17/h1,3-15H,2H2,(H,26,27). The molecule has 0 aliphatic heterocycles. The molecule has 136 valence electrons. The number of hydrogen-bond donors (Lipinski definition) is 1. The molecule has 1 N–H and O–H groups in total. The quantitative estimate of drug-likeness (QED) is 0.482. The lowest BCUT2D eigenvalue weighted by Gasteiger charge is -2.09. The van der Waals surface area contributed by atoms with Crippen molar-refractivity contribution in [2.75, 3.05) is 0 Å². The number of furan rings is 1. The van der Waals surface area contributed by atoms with Crippen LogP contribution in [0.25, 0.3) is 40.2 Å². The average molecular weight is 367 g/mol. The van der Waals surface area contributed by atoms with Gasteiger partial charge >= 0.3 is 5.97 Å². The molecule has 0 fully saturated rings. The summed E-state index contributed by atoms with van der Waals surface area (Å²) in [5.74, 6) is -0.668. The van der Waals surface area contributed by atoms with Gasteiger partial charge in [-0.2, -0.15) is 0 Å². The maximum atomic E-state index is 11.3. The van der Waals surface area contributed by atoms with Crippen molar-refractivity contribution in [1.29, 1.82) is 0 Å². The molecule has 0 unspecified atom stereocenters. The summed E-state index contributed by atoms with van der Waals surface area (Å²) < 4.78 is 7.65. The first-order valence-electron chi connectivity index (χ1n) is 9.13. The van der Waals surface area contributed by atoms with Gasteiger partial charge in [-0.3, -0.25) is 4.57 Å². The van der Waals surface area contributed by atoms with E-state index in [4.69, 9.17) is 4.42 Å². The summed E-state index contributed by atoms with van der Waals surface area (Å²) in [5.41, 5.74) is 5.30. The van der Waals surface area contributed by atoms with Gasteiger partial charge in [0, 0.05) is 11.5 Å². The van der Waals surface area contributed by atoms with Gasteiger partial charge in [0.25, 0.3) is 0 Å². The third-order valence-corrected chi connectivity index (χ3v) is 5.01. The fourth-order valence-corrected chi connectivity index (χ4v) is 3.73. The molecule has 0 radical (unpaired) electrons. The van der Waals surface area contributed by atoms with Crippen LogP contribution in [-0.4, -0.2) is 15.6 Å². The lowest BCUT2D eigenvalue weighted by Crippen LogP contribution is -1.96. The van der Waals surface area contributed by atoms with E-state index >= 15 is 0 Å². The van der Waals surface area contributed by atoms with Crippen LogP contribution in [0.2, 0.25) is 0 Å². The maximum Gasteiger partial charge on any atom is 0.371 e. The van der Waals surface area contributed by atoms with Crippen LogP contribution in [-0.2, 0) is 0 Å². The minimum atomic E-state index is -1.08. The number of hydrogen-bond acceptors (Lipinski definition) is 2. The smallest absolute Gasteiger partial charge is 0.371 e. The second kappa shape index (κ2) is 6.43. The van der Waals surface area contributed by atoms with Gasteiger partial charge in [0.05, 0.1) is 11.2 Å². The Morgan fingerprint density at radius 1 is 0.964 bits per heavy atom. The van der Waals surface area contributed by atoms with Crippen LogP contribution in [0, 0.1) is 0 Å². The van der Waals surface area contributed by atoms with Gasteiger partial charge in [0.15, 0.2) is 0 Å². The van der Waals surface area contributed by atoms with E-state index in [-0.39, 0.29) is 5.76 Å². The number of aromatic nitrogens is 1. The van der Waals surface area contributed by atoms with Gasteiger partial charge in [0.2, 0.25) is 11.6 Å². The van der Waals surface area contributed by atoms with E-state index in [1.807, 2.05) is 34.9 Å². The van der Waals surface area contributed by atoms with Crippen LogP contribution in [0.1, 0.15) is 28.1 Å². The molecule has 4 aromatic rings. The van der Waals surface area contributed by atoms with Gasteiger partial charge in [0.1, 0.15) is 0 Å². The summed E-state index contributed by atoms with van der Waals surface area (Å²) in [7, 11) is 0. The number of allylic oxidation sites excluding steroid dienone is 2. The minimum absolute atomic E-state index is 0.0755. The number of carboxylic acid groups (broad SMARTS) is 1. The van der Waals surface area contributed by atoms with Crippen molar-refractivity contribution < 1.29 is 14.3 Å². The molecule has 2 aromatic heterocycles. The highest BCUT2D eigenvalue weighted by atomic mass is 16.4. The molecule has 0 atom stereocenters. The lowest BCUT2D eigenvalue weighted by atomic mass is 10.0. The monoisotopic (exact) mass is 367 g/mol. The van der Waals surface area contributed by atoms with E-state index in [1.54, 1.807) is 6.07 Å². The predicted molar refractivity (Wildman–Crippen MR) is 111 cm³/mol. The summed E-state index contributed by atoms with van der Waals surface area (Å²) >= 11 is 0. The molecule has 2 heterocycles. The number of nitrogens with zero attached hydrogens (tertiary/aromatic N) is 1. The van der Waals surface area contributed by atoms with Crippen molar-refractivity contribution >= 4 is 29.0 Å². The number of benzene rings is 2. The van der Waals surface area contributed by atoms with Crippen molar-refractivity contribution in [3.8, 4) is 17.1 Å². The third kappa shape index (κ3) is 2.58. The highest BCUT2D eigenvalue weighted by molar-refractivity contribution is 5.98. The van der Waals surface area contributed by atoms with Gasteiger partial charge < -0.3 is 9.52 Å². The molecule has 5 rings (SSSR count). The van der Waals surface area contributed by atoms with Crippen LogP contribution in [0.5, 0.6) is 0 Å². The minimum Gasteiger partial charge on any atom is -0.475 e. The molecule has 28 heavy (non-hydrogen) atoms. The summed E-state index contributed by atoms with van der Waals surface area (Å²) in [5, 5.41) is 10.4. The fraction of sp³-hybridized carbons (Fsp3) is 0.0417. The van der Waals surface area contributed by atoms with E-state index < -0.39 is 5.97 Å². The second-order valence-electron chi connectivity index (χ2n) is 6.72. The number of fused-ring (bicyclic) bond motifs is 3. The largest absolute Gasteiger partial charge is 0.475 e. The molecule has 0 saturated heterocycles. The number of carbonyl (C=O) groups is 1. The zero-order chi connectivity index (χ0) is 19.1. The SMILES string of the molecule is O=C(O)c1ccc(-n2c(-c3ccccc3)cc3c4c(ccc32)C=CCC=C4)o1. The molecule has 0 bridgehead atoms. The first-order chi connectivity index (χ1) is 13.7. The van der Waals surface area contributed by atoms with Crippen LogP contribution in [0.3, 0.4) is 0 Å². The number of rotatable bonds is 3. The fourth-order valence-electron chi connectivity index (χ4n) is 3.73. The van der Waals surface area contributed by atoms with Crippen molar-refractivity contribution in [2.24, 2.45) is 0 Å². The number of carboxylic acids is 1. The predicted octanol–water partition coefficient (Wildman–Crippen LogP) is 6.02. The number of aromatic carboxylic acids is 1. The second-order valence-corrected chi connectivity index (χ2v) is 6.72. The molecular weight excluding hydrogens is 350 g/mol. The zero-order valence-electron chi connectivity index (χ0n) is 15.0. The van der Waals surface area contributed by atoms with Crippen molar-refractivity contribution in [3.63, 3.8) is 0 Å². The van der Waals surface area contributed by atoms with Gasteiger partial charge in [-0.05, 0) is 41.3 Å². The van der Waals surface area contributed by atoms with Gasteiger partial charge in [-0.25, -0.2) is 4.79 Å². The Morgan fingerprint density at radius 2 is 1.79 bits per heavy atom. The first kappa shape index (κ1) is 16.4. The maximum absolute atomic E-state index is 11.3. The topological polar surface area (TPSA) is 55.4 Å². The van der Waals surface area contributed by atoms with Crippen LogP contribution in [0.4, 0.5) is 0 Å².